The van der Waals surface area contributed by atoms with Crippen LogP contribution in [0.2, 0.25) is 0 Å². The molecule has 0 spiro atoms. The molecular formula is C6H5Ge. The Kier molecular flexibility index (Phi) is 1.52. The average molecular weight is 150 g/mol. The molecule has 0 saturated carbocycles. The molecule has 0 aliphatic heterocycles. The normalized spacial score (nSPS) is 8.71. The molecule has 0 heterocycles. The third-order valence-corrected chi connectivity index (χ3v) is 1.47. The van der Waals surface area contributed by atoms with E-state index in [1.54, 1.807) is 0 Å². The first-order chi connectivity index (χ1) is 3.39. The molecule has 0 aromatic heterocycles. The van der Waals surface area contributed by atoms with Crippen LogP contribution in [0.4, 0.5) is 0 Å². The van der Waals surface area contributed by atoms with Gasteiger partial charge in [-0.1, -0.05) is 0 Å². The Hall–Kier alpha value is -0.237. The predicted octanol–water partition coefficient (Wildman–Crippen LogP) is 0.480. The van der Waals surface area contributed by atoms with Crippen molar-refractivity contribution >= 4 is 20.9 Å². The number of rotatable bonds is 0. The summed E-state index contributed by atoms with van der Waals surface area (Å²) in [7, 11) is 0. The Morgan fingerprint density at radius 2 is 1.57 bits per heavy atom. The molecule has 0 aliphatic carbocycles. The third-order valence-electron chi connectivity index (χ3n) is 0.774. The van der Waals surface area contributed by atoms with Crippen LogP contribution in [0.15, 0.2) is 30.3 Å². The van der Waals surface area contributed by atoms with Crippen LogP contribution in [0.25, 0.3) is 0 Å². The maximum absolute atomic E-state index is 2.08. The van der Waals surface area contributed by atoms with Gasteiger partial charge in [0.15, 0.2) is 0 Å². The van der Waals surface area contributed by atoms with E-state index in [1.165, 1.54) is 4.40 Å². The third kappa shape index (κ3) is 1.35. The van der Waals surface area contributed by atoms with Crippen molar-refractivity contribution in [2.45, 2.75) is 0 Å². The van der Waals surface area contributed by atoms with E-state index < -0.39 is 0 Å². The Morgan fingerprint density at radius 3 is 1.86 bits per heavy atom. The summed E-state index contributed by atoms with van der Waals surface area (Å²) in [4.78, 5) is 0. The molecule has 0 unspecified atom stereocenters. The molecule has 7 heavy (non-hydrogen) atoms. The summed E-state index contributed by atoms with van der Waals surface area (Å²) in [6.07, 6.45) is 0. The molecule has 0 amide bonds. The van der Waals surface area contributed by atoms with Gasteiger partial charge in [0.2, 0.25) is 0 Å². The van der Waals surface area contributed by atoms with Crippen LogP contribution >= 0.6 is 0 Å². The average Bonchev–Trinajstić information content (AvgIpc) is 1.69. The summed E-state index contributed by atoms with van der Waals surface area (Å²) in [6, 6.07) is 10.3. The van der Waals surface area contributed by atoms with Crippen LogP contribution in [0, 0.1) is 0 Å². The van der Waals surface area contributed by atoms with Crippen molar-refractivity contribution in [3.05, 3.63) is 30.3 Å². The summed E-state index contributed by atoms with van der Waals surface area (Å²) in [6.45, 7) is 0. The summed E-state index contributed by atoms with van der Waals surface area (Å²) < 4.78 is 1.32. The van der Waals surface area contributed by atoms with Crippen molar-refractivity contribution in [3.63, 3.8) is 0 Å². The van der Waals surface area contributed by atoms with E-state index in [9.17, 15) is 0 Å². The van der Waals surface area contributed by atoms with E-state index in [-0.39, 0.29) is 0 Å². The van der Waals surface area contributed by atoms with Gasteiger partial charge in [-0.05, 0) is 0 Å². The first-order valence-electron chi connectivity index (χ1n) is 2.16. The Morgan fingerprint density at radius 1 is 1.00 bits per heavy atom. The van der Waals surface area contributed by atoms with E-state index in [0.717, 1.165) is 0 Å². The SMILES string of the molecule is [Ge][c]1ccccc1. The number of hydrogen-bond acceptors (Lipinski definition) is 0. The number of hydrogen-bond donors (Lipinski definition) is 0. The summed E-state index contributed by atoms with van der Waals surface area (Å²) in [5.74, 6) is 0. The van der Waals surface area contributed by atoms with E-state index in [0.29, 0.717) is 0 Å². The molecule has 0 fully saturated rings. The second-order valence-electron chi connectivity index (χ2n) is 1.37. The molecule has 0 N–H and O–H groups in total. The van der Waals surface area contributed by atoms with Gasteiger partial charge in [-0.3, -0.25) is 0 Å². The van der Waals surface area contributed by atoms with Crippen LogP contribution < -0.4 is 4.40 Å². The molecule has 0 aliphatic rings. The summed E-state index contributed by atoms with van der Waals surface area (Å²) in [5, 5.41) is 0. The quantitative estimate of drug-likeness (QED) is 0.471. The van der Waals surface area contributed by atoms with E-state index in [2.05, 4.69) is 28.6 Å². The molecule has 1 heteroatoms. The summed E-state index contributed by atoms with van der Waals surface area (Å²) >= 11 is 2.08. The van der Waals surface area contributed by atoms with Gasteiger partial charge in [-0.2, -0.15) is 0 Å². The van der Waals surface area contributed by atoms with Gasteiger partial charge in [0.05, 0.1) is 0 Å². The fourth-order valence-corrected chi connectivity index (χ4v) is 0.842. The van der Waals surface area contributed by atoms with Crippen molar-refractivity contribution in [2.75, 3.05) is 0 Å². The zero-order valence-corrected chi connectivity index (χ0v) is 5.98. The van der Waals surface area contributed by atoms with Gasteiger partial charge < -0.3 is 0 Å². The zero-order chi connectivity index (χ0) is 5.11. The Balaban J connectivity index is 3.02. The van der Waals surface area contributed by atoms with Crippen LogP contribution in [0.3, 0.4) is 0 Å². The predicted molar refractivity (Wildman–Crippen MR) is 31.8 cm³/mol. The molecule has 0 nitrogen and oxygen atoms in total. The van der Waals surface area contributed by atoms with E-state index >= 15 is 0 Å². The van der Waals surface area contributed by atoms with E-state index in [1.807, 2.05) is 18.2 Å². The molecule has 0 saturated heterocycles. The molecule has 3 radical (unpaired) electrons. The first kappa shape index (κ1) is 4.91. The standard InChI is InChI=1S/C6H5Ge/c7-6-4-2-1-3-5-6/h1-5H. The minimum atomic E-state index is 1.32. The molecular weight excluding hydrogens is 145 g/mol. The molecule has 1 aromatic rings. The van der Waals surface area contributed by atoms with Crippen LogP contribution in [0.1, 0.15) is 0 Å². The number of benzene rings is 1. The summed E-state index contributed by atoms with van der Waals surface area (Å²) in [5.41, 5.74) is 0. The Bertz CT molecular complexity index is 134. The van der Waals surface area contributed by atoms with Crippen LogP contribution in [0.5, 0.6) is 0 Å². The fourth-order valence-electron chi connectivity index (χ4n) is 0.438. The van der Waals surface area contributed by atoms with Gasteiger partial charge in [0.1, 0.15) is 0 Å². The molecule has 0 bridgehead atoms. The van der Waals surface area contributed by atoms with Gasteiger partial charge in [0.25, 0.3) is 0 Å². The van der Waals surface area contributed by atoms with Crippen molar-refractivity contribution in [3.8, 4) is 0 Å². The molecule has 0 atom stereocenters. The minimum absolute atomic E-state index is 1.32. The van der Waals surface area contributed by atoms with Gasteiger partial charge >= 0.3 is 51.2 Å². The first-order valence-corrected chi connectivity index (χ1v) is 3.21. The van der Waals surface area contributed by atoms with E-state index in [4.69, 9.17) is 0 Å². The molecule has 1 aromatic carbocycles. The van der Waals surface area contributed by atoms with Gasteiger partial charge in [-0.25, -0.2) is 0 Å². The Labute approximate surface area is 51.8 Å². The monoisotopic (exact) mass is 151 g/mol. The second kappa shape index (κ2) is 2.17. The van der Waals surface area contributed by atoms with Gasteiger partial charge in [0, 0.05) is 0 Å². The fraction of sp³-hybridized carbons (Fsp3) is 0. The molecule has 33 valence electrons. The van der Waals surface area contributed by atoms with Crippen molar-refractivity contribution < 1.29 is 0 Å². The van der Waals surface area contributed by atoms with Crippen molar-refractivity contribution in [1.82, 2.24) is 0 Å². The van der Waals surface area contributed by atoms with Gasteiger partial charge in [-0.15, -0.1) is 0 Å². The zero-order valence-electron chi connectivity index (χ0n) is 3.89. The second-order valence-corrected chi connectivity index (χ2v) is 2.58. The van der Waals surface area contributed by atoms with Crippen LogP contribution in [-0.2, 0) is 0 Å². The topological polar surface area (TPSA) is 0 Å². The van der Waals surface area contributed by atoms with Crippen molar-refractivity contribution in [2.24, 2.45) is 0 Å². The maximum atomic E-state index is 2.08. The molecule has 1 rings (SSSR count). The van der Waals surface area contributed by atoms with Crippen LogP contribution in [-0.4, -0.2) is 16.5 Å². The van der Waals surface area contributed by atoms with Crippen molar-refractivity contribution in [1.29, 1.82) is 0 Å².